The summed E-state index contributed by atoms with van der Waals surface area (Å²) in [6.45, 7) is 3.41. The van der Waals surface area contributed by atoms with Crippen LogP contribution in [0.15, 0.2) is 36.7 Å². The Balaban J connectivity index is 0.00000261. The lowest BCUT2D eigenvalue weighted by molar-refractivity contribution is -0.126. The highest BCUT2D eigenvalue weighted by molar-refractivity contribution is 5.99. The van der Waals surface area contributed by atoms with Gasteiger partial charge in [-0.05, 0) is 62.7 Å². The van der Waals surface area contributed by atoms with Crippen LogP contribution < -0.4 is 10.6 Å². The normalized spacial score (nSPS) is 15.5. The molecule has 0 radical (unpaired) electrons. The van der Waals surface area contributed by atoms with Crippen molar-refractivity contribution in [3.8, 4) is 0 Å². The van der Waals surface area contributed by atoms with Crippen molar-refractivity contribution >= 4 is 29.9 Å². The van der Waals surface area contributed by atoms with Crippen molar-refractivity contribution in [3.63, 3.8) is 0 Å². The predicted octanol–water partition coefficient (Wildman–Crippen LogP) is 2.03. The minimum Gasteiger partial charge on any atom is -0.345 e. The van der Waals surface area contributed by atoms with Crippen LogP contribution in [0.1, 0.15) is 28.8 Å². The maximum absolute atomic E-state index is 13.2. The van der Waals surface area contributed by atoms with E-state index in [2.05, 4.69) is 15.7 Å². The van der Waals surface area contributed by atoms with Crippen molar-refractivity contribution in [1.29, 1.82) is 0 Å². The second kappa shape index (κ2) is 8.54. The van der Waals surface area contributed by atoms with Crippen LogP contribution in [0.2, 0.25) is 0 Å². The molecule has 0 spiro atoms. The second-order valence-corrected chi connectivity index (χ2v) is 6.92. The average molecular weight is 392 g/mol. The summed E-state index contributed by atoms with van der Waals surface area (Å²) in [4.78, 5) is 26.9. The standard InChI is InChI=1S/C19H25N5O2.ClH/c1-14-13-15(5-6-16(14)17(25)23(2)3)22-18(26)19(7-10-20-11-8-19)24-12-4-9-21-24;/h4-6,9,12-13,20H,7-8,10-11H2,1-3H3,(H,22,26);1H. The van der Waals surface area contributed by atoms with Crippen LogP contribution in [0.5, 0.6) is 0 Å². The van der Waals surface area contributed by atoms with Gasteiger partial charge < -0.3 is 15.5 Å². The number of hydrogen-bond donors (Lipinski definition) is 2. The van der Waals surface area contributed by atoms with Crippen molar-refractivity contribution in [2.45, 2.75) is 25.3 Å². The van der Waals surface area contributed by atoms with Crippen LogP contribution in [0.25, 0.3) is 0 Å². The van der Waals surface area contributed by atoms with E-state index in [1.54, 1.807) is 42.0 Å². The van der Waals surface area contributed by atoms with Gasteiger partial charge in [0.2, 0.25) is 0 Å². The molecule has 0 saturated carbocycles. The van der Waals surface area contributed by atoms with E-state index < -0.39 is 5.54 Å². The number of halogens is 1. The number of amides is 2. The first kappa shape index (κ1) is 20.9. The molecule has 7 nitrogen and oxygen atoms in total. The number of hydrogen-bond acceptors (Lipinski definition) is 4. The fraction of sp³-hybridized carbons (Fsp3) is 0.421. The Morgan fingerprint density at radius 1 is 1.26 bits per heavy atom. The zero-order valence-electron chi connectivity index (χ0n) is 15.9. The molecule has 0 bridgehead atoms. The van der Waals surface area contributed by atoms with Gasteiger partial charge in [-0.2, -0.15) is 5.10 Å². The SMILES string of the molecule is Cc1cc(NC(=O)C2(n3cccn3)CCNCC2)ccc1C(=O)N(C)C.Cl. The van der Waals surface area contributed by atoms with E-state index in [0.29, 0.717) is 24.1 Å². The van der Waals surface area contributed by atoms with Crippen LogP contribution in [0.3, 0.4) is 0 Å². The zero-order valence-corrected chi connectivity index (χ0v) is 16.7. The van der Waals surface area contributed by atoms with E-state index in [-0.39, 0.29) is 24.2 Å². The Kier molecular flexibility index (Phi) is 6.62. The molecule has 0 atom stereocenters. The summed E-state index contributed by atoms with van der Waals surface area (Å²) in [6, 6.07) is 7.21. The smallest absolute Gasteiger partial charge is 0.253 e. The van der Waals surface area contributed by atoms with Crippen molar-refractivity contribution in [1.82, 2.24) is 20.0 Å². The molecular weight excluding hydrogens is 366 g/mol. The van der Waals surface area contributed by atoms with Gasteiger partial charge >= 0.3 is 0 Å². The van der Waals surface area contributed by atoms with Crippen LogP contribution in [0, 0.1) is 6.92 Å². The van der Waals surface area contributed by atoms with Crippen LogP contribution in [0.4, 0.5) is 5.69 Å². The lowest BCUT2D eigenvalue weighted by Gasteiger charge is -2.36. The molecule has 1 saturated heterocycles. The molecule has 1 aromatic heterocycles. The Morgan fingerprint density at radius 3 is 2.52 bits per heavy atom. The molecule has 2 N–H and O–H groups in total. The van der Waals surface area contributed by atoms with Gasteiger partial charge in [-0.3, -0.25) is 14.3 Å². The Bertz CT molecular complexity index is 798. The minimum absolute atomic E-state index is 0. The minimum atomic E-state index is -0.694. The summed E-state index contributed by atoms with van der Waals surface area (Å²) >= 11 is 0. The fourth-order valence-electron chi connectivity index (χ4n) is 3.39. The van der Waals surface area contributed by atoms with E-state index in [0.717, 1.165) is 18.7 Å². The highest BCUT2D eigenvalue weighted by atomic mass is 35.5. The number of aromatic nitrogens is 2. The second-order valence-electron chi connectivity index (χ2n) is 6.92. The lowest BCUT2D eigenvalue weighted by Crippen LogP contribution is -2.52. The first-order chi connectivity index (χ1) is 12.4. The third kappa shape index (κ3) is 4.14. The largest absolute Gasteiger partial charge is 0.345 e. The molecule has 1 fully saturated rings. The molecule has 1 aliphatic heterocycles. The number of carbonyl (C=O) groups is 2. The predicted molar refractivity (Wildman–Crippen MR) is 107 cm³/mol. The summed E-state index contributed by atoms with van der Waals surface area (Å²) < 4.78 is 1.76. The Labute approximate surface area is 165 Å². The number of aryl methyl sites for hydroxylation is 1. The fourth-order valence-corrected chi connectivity index (χ4v) is 3.39. The van der Waals surface area contributed by atoms with E-state index in [1.165, 1.54) is 0 Å². The zero-order chi connectivity index (χ0) is 18.7. The summed E-state index contributed by atoms with van der Waals surface area (Å²) in [5, 5.41) is 10.6. The van der Waals surface area contributed by atoms with Crippen molar-refractivity contribution in [2.24, 2.45) is 0 Å². The van der Waals surface area contributed by atoms with E-state index in [9.17, 15) is 9.59 Å². The molecule has 146 valence electrons. The number of rotatable bonds is 4. The number of carbonyl (C=O) groups excluding carboxylic acids is 2. The molecule has 3 rings (SSSR count). The quantitative estimate of drug-likeness (QED) is 0.835. The molecule has 27 heavy (non-hydrogen) atoms. The summed E-state index contributed by atoms with van der Waals surface area (Å²) in [7, 11) is 3.45. The van der Waals surface area contributed by atoms with Gasteiger partial charge in [-0.15, -0.1) is 12.4 Å². The molecule has 0 unspecified atom stereocenters. The highest BCUT2D eigenvalue weighted by Crippen LogP contribution is 2.29. The summed E-state index contributed by atoms with van der Waals surface area (Å²) in [5.41, 5.74) is 1.46. The molecule has 2 heterocycles. The van der Waals surface area contributed by atoms with Crippen molar-refractivity contribution < 1.29 is 9.59 Å². The first-order valence-electron chi connectivity index (χ1n) is 8.79. The van der Waals surface area contributed by atoms with E-state index >= 15 is 0 Å². The lowest BCUT2D eigenvalue weighted by atomic mass is 9.87. The Morgan fingerprint density at radius 2 is 1.96 bits per heavy atom. The van der Waals surface area contributed by atoms with Crippen LogP contribution in [-0.2, 0) is 10.3 Å². The topological polar surface area (TPSA) is 79.3 Å². The third-order valence-electron chi connectivity index (χ3n) is 4.92. The molecule has 8 heteroatoms. The van der Waals surface area contributed by atoms with Gasteiger partial charge in [0.1, 0.15) is 5.54 Å². The summed E-state index contributed by atoms with van der Waals surface area (Å²) in [6.07, 6.45) is 4.89. The van der Waals surface area contributed by atoms with Crippen LogP contribution in [-0.4, -0.2) is 53.7 Å². The van der Waals surface area contributed by atoms with Crippen molar-refractivity contribution in [2.75, 3.05) is 32.5 Å². The maximum atomic E-state index is 13.2. The highest BCUT2D eigenvalue weighted by Gasteiger charge is 2.42. The molecule has 2 amide bonds. The van der Waals surface area contributed by atoms with Gasteiger partial charge in [0.15, 0.2) is 0 Å². The number of anilines is 1. The third-order valence-corrected chi connectivity index (χ3v) is 4.92. The van der Waals surface area contributed by atoms with E-state index in [1.807, 2.05) is 25.3 Å². The first-order valence-corrected chi connectivity index (χ1v) is 8.79. The number of nitrogens with zero attached hydrogens (tertiary/aromatic N) is 3. The van der Waals surface area contributed by atoms with E-state index in [4.69, 9.17) is 0 Å². The van der Waals surface area contributed by atoms with Gasteiger partial charge in [0.05, 0.1) is 0 Å². The maximum Gasteiger partial charge on any atom is 0.253 e. The number of benzene rings is 1. The van der Waals surface area contributed by atoms with Gasteiger partial charge in [0.25, 0.3) is 11.8 Å². The average Bonchev–Trinajstić information content (AvgIpc) is 3.17. The molecule has 0 aliphatic carbocycles. The molecule has 2 aromatic rings. The summed E-state index contributed by atoms with van der Waals surface area (Å²) in [5.74, 6) is -0.125. The van der Waals surface area contributed by atoms with Gasteiger partial charge in [-0.25, -0.2) is 0 Å². The number of nitrogens with one attached hydrogen (secondary N) is 2. The molecule has 1 aromatic carbocycles. The monoisotopic (exact) mass is 391 g/mol. The van der Waals surface area contributed by atoms with Crippen LogP contribution >= 0.6 is 12.4 Å². The van der Waals surface area contributed by atoms with Gasteiger partial charge in [0, 0.05) is 37.7 Å². The molecular formula is C19H26ClN5O2. The molecule has 1 aliphatic rings. The van der Waals surface area contributed by atoms with Gasteiger partial charge in [-0.1, -0.05) is 0 Å². The van der Waals surface area contributed by atoms with Crippen molar-refractivity contribution in [3.05, 3.63) is 47.8 Å². The Hall–Kier alpha value is -2.38. The number of piperidine rings is 1.